The van der Waals surface area contributed by atoms with Crippen molar-refractivity contribution in [3.63, 3.8) is 0 Å². The molecular weight excluding hydrogens is 402 g/mol. The van der Waals surface area contributed by atoms with Gasteiger partial charge in [-0.05, 0) is 30.2 Å². The first-order valence-electron chi connectivity index (χ1n) is 8.01. The molecule has 27 heavy (non-hydrogen) atoms. The molecule has 2 aromatic heterocycles. The van der Waals surface area contributed by atoms with Crippen LogP contribution in [0.3, 0.4) is 0 Å². The Balaban J connectivity index is 1.99. The lowest BCUT2D eigenvalue weighted by Gasteiger charge is -2.10. The fourth-order valence-corrected chi connectivity index (χ4v) is 3.04. The van der Waals surface area contributed by atoms with Gasteiger partial charge < -0.3 is 5.32 Å². The largest absolute Gasteiger partial charge is 0.417 e. The van der Waals surface area contributed by atoms with Gasteiger partial charge in [0.1, 0.15) is 5.69 Å². The third-order valence-corrected chi connectivity index (χ3v) is 4.52. The number of carbonyl (C=O) groups excluding carboxylic acids is 1. The van der Waals surface area contributed by atoms with Crippen molar-refractivity contribution in [3.8, 4) is 0 Å². The summed E-state index contributed by atoms with van der Waals surface area (Å²) in [7, 11) is 0. The van der Waals surface area contributed by atoms with Crippen LogP contribution in [0.15, 0.2) is 36.5 Å². The van der Waals surface area contributed by atoms with E-state index >= 15 is 0 Å². The molecule has 0 spiro atoms. The number of hydrogen-bond acceptors (Lipinski definition) is 2. The van der Waals surface area contributed by atoms with Crippen LogP contribution >= 0.6 is 23.2 Å². The molecule has 4 nitrogen and oxygen atoms in total. The molecule has 2 heterocycles. The Bertz CT molecular complexity index is 998. The molecule has 0 aliphatic heterocycles. The topological polar surface area (TPSA) is 46.4 Å². The summed E-state index contributed by atoms with van der Waals surface area (Å²) in [4.78, 5) is 16.9. The molecule has 0 radical (unpaired) electrons. The number of aryl methyl sites for hydroxylation is 1. The number of hydrogen-bond donors (Lipinski definition) is 1. The molecule has 0 aliphatic rings. The third-order valence-electron chi connectivity index (χ3n) is 3.99. The minimum absolute atomic E-state index is 0.0365. The van der Waals surface area contributed by atoms with E-state index < -0.39 is 17.6 Å². The van der Waals surface area contributed by atoms with Gasteiger partial charge in [-0.15, -0.1) is 0 Å². The van der Waals surface area contributed by atoms with Crippen LogP contribution < -0.4 is 5.32 Å². The summed E-state index contributed by atoms with van der Waals surface area (Å²) in [5.74, 6) is -0.537. The van der Waals surface area contributed by atoms with Gasteiger partial charge in [0.25, 0.3) is 5.91 Å². The van der Waals surface area contributed by atoms with E-state index in [0.717, 1.165) is 22.2 Å². The average molecular weight is 416 g/mol. The molecule has 0 aliphatic carbocycles. The van der Waals surface area contributed by atoms with Crippen molar-refractivity contribution in [2.45, 2.75) is 26.1 Å². The molecular formula is C18H14Cl2F3N3O. The molecule has 1 aromatic carbocycles. The normalized spacial score (nSPS) is 11.8. The lowest BCUT2D eigenvalue weighted by molar-refractivity contribution is -0.137. The fraction of sp³-hybridized carbons (Fsp3) is 0.222. The van der Waals surface area contributed by atoms with Crippen molar-refractivity contribution >= 4 is 34.8 Å². The van der Waals surface area contributed by atoms with Gasteiger partial charge in [-0.1, -0.05) is 42.3 Å². The molecule has 0 atom stereocenters. The summed E-state index contributed by atoms with van der Waals surface area (Å²) >= 11 is 11.8. The number of rotatable bonds is 4. The molecule has 142 valence electrons. The lowest BCUT2D eigenvalue weighted by Crippen LogP contribution is -2.25. The van der Waals surface area contributed by atoms with E-state index in [1.807, 2.05) is 0 Å². The van der Waals surface area contributed by atoms with Crippen LogP contribution in [0.25, 0.3) is 5.65 Å². The first-order valence-corrected chi connectivity index (χ1v) is 8.76. The first-order chi connectivity index (χ1) is 12.7. The van der Waals surface area contributed by atoms with Crippen LogP contribution in [0.4, 0.5) is 13.2 Å². The van der Waals surface area contributed by atoms with Crippen molar-refractivity contribution in [3.05, 3.63) is 69.1 Å². The van der Waals surface area contributed by atoms with E-state index in [1.54, 1.807) is 31.2 Å². The number of aromatic nitrogens is 2. The minimum Gasteiger partial charge on any atom is -0.347 e. The van der Waals surface area contributed by atoms with Crippen LogP contribution in [-0.4, -0.2) is 15.3 Å². The van der Waals surface area contributed by atoms with Gasteiger partial charge in [0.05, 0.1) is 16.3 Å². The van der Waals surface area contributed by atoms with Gasteiger partial charge in [0.15, 0.2) is 5.65 Å². The van der Waals surface area contributed by atoms with Crippen LogP contribution in [0, 0.1) is 0 Å². The predicted octanol–water partition coefficient (Wildman–Crippen LogP) is 5.15. The Hall–Kier alpha value is -2.25. The summed E-state index contributed by atoms with van der Waals surface area (Å²) in [6.07, 6.45) is -3.39. The second kappa shape index (κ2) is 7.40. The Morgan fingerprint density at radius 3 is 2.48 bits per heavy atom. The number of imidazole rings is 1. The second-order valence-corrected chi connectivity index (χ2v) is 6.68. The monoisotopic (exact) mass is 415 g/mol. The zero-order valence-electron chi connectivity index (χ0n) is 14.1. The molecule has 0 unspecified atom stereocenters. The highest BCUT2D eigenvalue weighted by Crippen LogP contribution is 2.33. The Labute approximate surface area is 162 Å². The zero-order valence-corrected chi connectivity index (χ0v) is 15.6. The smallest absolute Gasteiger partial charge is 0.347 e. The van der Waals surface area contributed by atoms with Gasteiger partial charge in [-0.25, -0.2) is 4.98 Å². The number of nitrogens with zero attached hydrogens (tertiary/aromatic N) is 2. The van der Waals surface area contributed by atoms with Crippen molar-refractivity contribution < 1.29 is 18.0 Å². The summed E-state index contributed by atoms with van der Waals surface area (Å²) in [5.41, 5.74) is 0.359. The highest BCUT2D eigenvalue weighted by Gasteiger charge is 2.33. The van der Waals surface area contributed by atoms with E-state index in [-0.39, 0.29) is 22.9 Å². The number of fused-ring (bicyclic) bond motifs is 1. The number of amides is 1. The van der Waals surface area contributed by atoms with E-state index in [4.69, 9.17) is 23.2 Å². The Morgan fingerprint density at radius 2 is 1.89 bits per heavy atom. The zero-order chi connectivity index (χ0) is 19.8. The molecule has 0 saturated carbocycles. The Kier molecular flexibility index (Phi) is 5.35. The predicted molar refractivity (Wildman–Crippen MR) is 97.2 cm³/mol. The standard InChI is InChI=1S/C18H14Cl2F3N3O/c1-2-14-15(17(27)24-8-10-3-5-12(19)6-4-10)26-9-11(18(21,22)23)7-13(20)16(26)25-14/h3-7,9H,2,8H2,1H3,(H,24,27). The molecule has 1 amide bonds. The van der Waals surface area contributed by atoms with Crippen LogP contribution in [-0.2, 0) is 19.1 Å². The van der Waals surface area contributed by atoms with Crippen molar-refractivity contribution in [2.24, 2.45) is 0 Å². The molecule has 3 rings (SSSR count). The molecule has 0 bridgehead atoms. The van der Waals surface area contributed by atoms with Gasteiger partial charge in [0.2, 0.25) is 0 Å². The SMILES string of the molecule is CCc1nc2c(Cl)cc(C(F)(F)F)cn2c1C(=O)NCc1ccc(Cl)cc1. The lowest BCUT2D eigenvalue weighted by atomic mass is 10.2. The molecule has 0 fully saturated rings. The van der Waals surface area contributed by atoms with Gasteiger partial charge in [-0.2, -0.15) is 13.2 Å². The summed E-state index contributed by atoms with van der Waals surface area (Å²) in [6, 6.07) is 7.67. The number of carbonyl (C=O) groups is 1. The Morgan fingerprint density at radius 1 is 1.22 bits per heavy atom. The maximum Gasteiger partial charge on any atom is 0.417 e. The third kappa shape index (κ3) is 4.04. The summed E-state index contributed by atoms with van der Waals surface area (Å²) < 4.78 is 40.4. The maximum atomic E-state index is 13.1. The second-order valence-electron chi connectivity index (χ2n) is 5.84. The van der Waals surface area contributed by atoms with Crippen LogP contribution in [0.2, 0.25) is 10.0 Å². The number of nitrogens with one attached hydrogen (secondary N) is 1. The highest BCUT2D eigenvalue weighted by molar-refractivity contribution is 6.33. The number of halogens is 5. The molecule has 0 saturated heterocycles. The van der Waals surface area contributed by atoms with E-state index in [1.165, 1.54) is 0 Å². The number of alkyl halides is 3. The first kappa shape index (κ1) is 19.5. The van der Waals surface area contributed by atoms with E-state index in [2.05, 4.69) is 10.3 Å². The maximum absolute atomic E-state index is 13.1. The summed E-state index contributed by atoms with van der Waals surface area (Å²) in [6.45, 7) is 1.95. The molecule has 9 heteroatoms. The van der Waals surface area contributed by atoms with Crippen LogP contribution in [0.1, 0.15) is 34.2 Å². The quantitative estimate of drug-likeness (QED) is 0.640. The highest BCUT2D eigenvalue weighted by atomic mass is 35.5. The van der Waals surface area contributed by atoms with Crippen molar-refractivity contribution in [2.75, 3.05) is 0 Å². The van der Waals surface area contributed by atoms with Gasteiger partial charge in [0, 0.05) is 17.8 Å². The number of pyridine rings is 1. The summed E-state index contributed by atoms with van der Waals surface area (Å²) in [5, 5.41) is 3.09. The van der Waals surface area contributed by atoms with Gasteiger partial charge >= 0.3 is 6.18 Å². The number of benzene rings is 1. The van der Waals surface area contributed by atoms with Crippen LogP contribution in [0.5, 0.6) is 0 Å². The minimum atomic E-state index is -4.59. The van der Waals surface area contributed by atoms with E-state index in [0.29, 0.717) is 17.1 Å². The fourth-order valence-electron chi connectivity index (χ4n) is 2.66. The van der Waals surface area contributed by atoms with E-state index in [9.17, 15) is 18.0 Å². The molecule has 3 aromatic rings. The van der Waals surface area contributed by atoms with Crippen molar-refractivity contribution in [1.82, 2.24) is 14.7 Å². The average Bonchev–Trinajstić information content (AvgIpc) is 2.99. The van der Waals surface area contributed by atoms with Gasteiger partial charge in [-0.3, -0.25) is 9.20 Å². The van der Waals surface area contributed by atoms with Crippen molar-refractivity contribution in [1.29, 1.82) is 0 Å². The molecule has 1 N–H and O–H groups in total.